The van der Waals surface area contributed by atoms with Crippen molar-refractivity contribution in [2.24, 2.45) is 17.5 Å². The third-order valence-electron chi connectivity index (χ3n) is 4.41. The minimum absolute atomic E-state index is 0.523. The molecule has 0 saturated heterocycles. The summed E-state index contributed by atoms with van der Waals surface area (Å²) < 4.78 is 1.86. The Labute approximate surface area is 125 Å². The first-order valence-electron chi connectivity index (χ1n) is 7.65. The summed E-state index contributed by atoms with van der Waals surface area (Å²) in [5, 5.41) is 8.99. The van der Waals surface area contributed by atoms with E-state index in [-0.39, 0.29) is 0 Å². The quantitative estimate of drug-likeness (QED) is 0.931. The first kappa shape index (κ1) is 14.0. The number of thioether (sulfide) groups is 1. The lowest BCUT2D eigenvalue weighted by atomic mass is 9.75. The number of aromatic nitrogens is 2. The molecule has 110 valence electrons. The van der Waals surface area contributed by atoms with Crippen molar-refractivity contribution in [2.45, 2.75) is 38.5 Å². The lowest BCUT2D eigenvalue weighted by Crippen LogP contribution is -2.37. The van der Waals surface area contributed by atoms with Gasteiger partial charge in [-0.1, -0.05) is 31.0 Å². The molecule has 0 bridgehead atoms. The van der Waals surface area contributed by atoms with Gasteiger partial charge in [-0.2, -0.15) is 5.10 Å². The SMILES string of the molecule is Cn1ccc(CCNC2=NCC3(CCCCC3)CS2)n1. The third-order valence-corrected chi connectivity index (χ3v) is 5.72. The second-order valence-electron chi connectivity index (χ2n) is 6.13. The van der Waals surface area contributed by atoms with E-state index in [0.29, 0.717) is 5.41 Å². The topological polar surface area (TPSA) is 42.2 Å². The molecule has 0 amide bonds. The molecule has 0 aromatic carbocycles. The monoisotopic (exact) mass is 292 g/mol. The van der Waals surface area contributed by atoms with E-state index in [9.17, 15) is 0 Å². The molecule has 5 heteroatoms. The summed E-state index contributed by atoms with van der Waals surface area (Å²) in [4.78, 5) is 4.79. The summed E-state index contributed by atoms with van der Waals surface area (Å²) in [6.07, 6.45) is 9.94. The number of nitrogens with zero attached hydrogens (tertiary/aromatic N) is 3. The van der Waals surface area contributed by atoms with E-state index in [0.717, 1.165) is 30.4 Å². The van der Waals surface area contributed by atoms with Crippen LogP contribution in [0.5, 0.6) is 0 Å². The van der Waals surface area contributed by atoms with E-state index in [1.54, 1.807) is 0 Å². The summed E-state index contributed by atoms with van der Waals surface area (Å²) in [5.74, 6) is 1.25. The maximum atomic E-state index is 4.79. The van der Waals surface area contributed by atoms with Gasteiger partial charge in [0.1, 0.15) is 0 Å². The van der Waals surface area contributed by atoms with Crippen LogP contribution in [0.2, 0.25) is 0 Å². The highest BCUT2D eigenvalue weighted by Crippen LogP contribution is 2.41. The largest absolute Gasteiger partial charge is 0.365 e. The smallest absolute Gasteiger partial charge is 0.156 e. The van der Waals surface area contributed by atoms with Gasteiger partial charge in [-0.15, -0.1) is 0 Å². The van der Waals surface area contributed by atoms with Crippen LogP contribution in [0.25, 0.3) is 0 Å². The van der Waals surface area contributed by atoms with Gasteiger partial charge in [0.25, 0.3) is 0 Å². The third kappa shape index (κ3) is 3.37. The average molecular weight is 292 g/mol. The predicted octanol–water partition coefficient (Wildman–Crippen LogP) is 2.61. The van der Waals surface area contributed by atoms with Crippen LogP contribution in [0, 0.1) is 5.41 Å². The molecule has 1 aliphatic carbocycles. The Hall–Kier alpha value is -0.970. The second kappa shape index (κ2) is 6.20. The number of aryl methyl sites for hydroxylation is 1. The lowest BCUT2D eigenvalue weighted by molar-refractivity contribution is 0.232. The normalized spacial score (nSPS) is 21.8. The van der Waals surface area contributed by atoms with Gasteiger partial charge in [0.2, 0.25) is 0 Å². The minimum atomic E-state index is 0.523. The highest BCUT2D eigenvalue weighted by Gasteiger charge is 2.34. The number of amidine groups is 1. The first-order valence-corrected chi connectivity index (χ1v) is 8.64. The van der Waals surface area contributed by atoms with E-state index >= 15 is 0 Å². The average Bonchev–Trinajstić information content (AvgIpc) is 2.88. The lowest BCUT2D eigenvalue weighted by Gasteiger charge is -2.38. The van der Waals surface area contributed by atoms with Crippen molar-refractivity contribution in [3.8, 4) is 0 Å². The number of hydrogen-bond acceptors (Lipinski definition) is 4. The molecule has 1 saturated carbocycles. The zero-order chi connectivity index (χ0) is 13.8. The van der Waals surface area contributed by atoms with Crippen molar-refractivity contribution in [3.63, 3.8) is 0 Å². The van der Waals surface area contributed by atoms with Crippen molar-refractivity contribution in [3.05, 3.63) is 18.0 Å². The minimum Gasteiger partial charge on any atom is -0.365 e. The summed E-state index contributed by atoms with van der Waals surface area (Å²) in [6.45, 7) is 1.96. The molecule has 1 aromatic heterocycles. The van der Waals surface area contributed by atoms with Gasteiger partial charge in [0.15, 0.2) is 5.17 Å². The van der Waals surface area contributed by atoms with Crippen LogP contribution >= 0.6 is 11.8 Å². The van der Waals surface area contributed by atoms with Crippen molar-refractivity contribution in [1.82, 2.24) is 15.1 Å². The molecule has 0 unspecified atom stereocenters. The van der Waals surface area contributed by atoms with Crippen LogP contribution in [0.15, 0.2) is 17.3 Å². The molecule has 1 spiro atoms. The van der Waals surface area contributed by atoms with Crippen LogP contribution in [0.1, 0.15) is 37.8 Å². The fourth-order valence-corrected chi connectivity index (χ4v) is 4.34. The molecule has 2 heterocycles. The number of aliphatic imine (C=N–C) groups is 1. The van der Waals surface area contributed by atoms with Crippen LogP contribution < -0.4 is 5.32 Å². The van der Waals surface area contributed by atoms with Crippen molar-refractivity contribution in [1.29, 1.82) is 0 Å². The van der Waals surface area contributed by atoms with Gasteiger partial charge in [-0.25, -0.2) is 0 Å². The summed E-state index contributed by atoms with van der Waals surface area (Å²) in [6, 6.07) is 2.08. The molecule has 3 rings (SSSR count). The van der Waals surface area contributed by atoms with E-state index in [1.807, 2.05) is 29.7 Å². The van der Waals surface area contributed by atoms with Crippen LogP contribution in [-0.4, -0.2) is 33.8 Å². The Bertz CT molecular complexity index is 474. The molecular formula is C15H24N4S. The van der Waals surface area contributed by atoms with Gasteiger partial charge in [-0.05, 0) is 24.3 Å². The molecule has 1 aliphatic heterocycles. The molecule has 1 N–H and O–H groups in total. The Morgan fingerprint density at radius 2 is 2.20 bits per heavy atom. The second-order valence-corrected chi connectivity index (χ2v) is 7.09. The van der Waals surface area contributed by atoms with Crippen LogP contribution in [0.3, 0.4) is 0 Å². The number of nitrogens with one attached hydrogen (secondary N) is 1. The molecule has 0 radical (unpaired) electrons. The Kier molecular flexibility index (Phi) is 4.34. The molecule has 1 fully saturated rings. The zero-order valence-electron chi connectivity index (χ0n) is 12.3. The Morgan fingerprint density at radius 3 is 2.85 bits per heavy atom. The maximum Gasteiger partial charge on any atom is 0.156 e. The van der Waals surface area contributed by atoms with Crippen LogP contribution in [0.4, 0.5) is 0 Å². The first-order chi connectivity index (χ1) is 9.76. The van der Waals surface area contributed by atoms with Gasteiger partial charge >= 0.3 is 0 Å². The highest BCUT2D eigenvalue weighted by molar-refractivity contribution is 8.13. The molecular weight excluding hydrogens is 268 g/mol. The molecule has 20 heavy (non-hydrogen) atoms. The van der Waals surface area contributed by atoms with Gasteiger partial charge in [0, 0.05) is 38.5 Å². The standard InChI is InChI=1S/C15H24N4S/c1-19-10-6-13(18-19)5-9-16-14-17-11-15(12-20-14)7-3-2-4-8-15/h6,10H,2-5,7-9,11-12H2,1H3,(H,16,17). The van der Waals surface area contributed by atoms with E-state index in [1.165, 1.54) is 37.9 Å². The van der Waals surface area contributed by atoms with Gasteiger partial charge in [-0.3, -0.25) is 9.67 Å². The summed E-state index contributed by atoms with van der Waals surface area (Å²) >= 11 is 1.92. The fraction of sp³-hybridized carbons (Fsp3) is 0.733. The maximum absolute atomic E-state index is 4.79. The predicted molar refractivity (Wildman–Crippen MR) is 85.2 cm³/mol. The Balaban J connectivity index is 1.45. The Morgan fingerprint density at radius 1 is 1.35 bits per heavy atom. The summed E-state index contributed by atoms with van der Waals surface area (Å²) in [7, 11) is 1.96. The van der Waals surface area contributed by atoms with E-state index < -0.39 is 0 Å². The fourth-order valence-electron chi connectivity index (χ4n) is 3.16. The number of hydrogen-bond donors (Lipinski definition) is 1. The zero-order valence-corrected chi connectivity index (χ0v) is 13.1. The highest BCUT2D eigenvalue weighted by atomic mass is 32.2. The van der Waals surface area contributed by atoms with Crippen molar-refractivity contribution in [2.75, 3.05) is 18.8 Å². The van der Waals surface area contributed by atoms with E-state index in [4.69, 9.17) is 4.99 Å². The molecule has 1 aromatic rings. The molecule has 2 aliphatic rings. The van der Waals surface area contributed by atoms with Gasteiger partial charge < -0.3 is 5.32 Å². The van der Waals surface area contributed by atoms with Crippen LogP contribution in [-0.2, 0) is 13.5 Å². The molecule has 0 atom stereocenters. The molecule has 4 nitrogen and oxygen atoms in total. The van der Waals surface area contributed by atoms with Gasteiger partial charge in [0.05, 0.1) is 5.69 Å². The number of rotatable bonds is 3. The summed E-state index contributed by atoms with van der Waals surface area (Å²) in [5.41, 5.74) is 1.67. The van der Waals surface area contributed by atoms with E-state index in [2.05, 4.69) is 16.5 Å². The van der Waals surface area contributed by atoms with Crippen molar-refractivity contribution >= 4 is 16.9 Å². The van der Waals surface area contributed by atoms with Crippen molar-refractivity contribution < 1.29 is 0 Å².